The van der Waals surface area contributed by atoms with Gasteiger partial charge in [0.25, 0.3) is 0 Å². The summed E-state index contributed by atoms with van der Waals surface area (Å²) in [4.78, 5) is 18.4. The maximum atomic E-state index is 12.9. The summed E-state index contributed by atoms with van der Waals surface area (Å²) in [6, 6.07) is 1.75. The van der Waals surface area contributed by atoms with Crippen LogP contribution < -0.4 is 10.2 Å². The zero-order valence-electron chi connectivity index (χ0n) is 16.3. The molecule has 3 rings (SSSR count). The summed E-state index contributed by atoms with van der Waals surface area (Å²) in [6.45, 7) is 6.25. The molecule has 0 saturated carbocycles. The molecule has 28 heavy (non-hydrogen) atoms. The van der Waals surface area contributed by atoms with Crippen LogP contribution in [0.5, 0.6) is 0 Å². The molecule has 2 aromatic heterocycles. The van der Waals surface area contributed by atoms with Crippen LogP contribution in [0.2, 0.25) is 5.15 Å². The Morgan fingerprint density at radius 1 is 1.43 bits per heavy atom. The van der Waals surface area contributed by atoms with E-state index in [-0.39, 0.29) is 6.04 Å². The highest BCUT2D eigenvalue weighted by atomic mass is 35.5. The van der Waals surface area contributed by atoms with E-state index in [1.807, 2.05) is 20.8 Å². The predicted molar refractivity (Wildman–Crippen MR) is 106 cm³/mol. The van der Waals surface area contributed by atoms with Crippen molar-refractivity contribution in [1.29, 1.82) is 0 Å². The minimum Gasteiger partial charge on any atom is -0.444 e. The second-order valence-corrected chi connectivity index (χ2v) is 8.23. The standard InChI is InChI=1S/C19H25ClFN5O2/c1-19(2,3)28-18(27)24-14-5-4-6-25(11-14)16-7-17(20)22-9-15(16)13-8-23-26(10-13)12-21/h7-10,14H,4-6,11-12H2,1-3H3,(H,24,27)/t14-/m0/s1. The molecule has 152 valence electrons. The summed E-state index contributed by atoms with van der Waals surface area (Å²) >= 11 is 6.14. The Bertz CT molecular complexity index is 836. The Kier molecular flexibility index (Phi) is 6.07. The van der Waals surface area contributed by atoms with Gasteiger partial charge < -0.3 is 15.0 Å². The zero-order chi connectivity index (χ0) is 20.3. The van der Waals surface area contributed by atoms with E-state index in [0.717, 1.165) is 36.2 Å². The lowest BCUT2D eigenvalue weighted by molar-refractivity contribution is 0.0500. The largest absolute Gasteiger partial charge is 0.444 e. The van der Waals surface area contributed by atoms with Crippen molar-refractivity contribution in [3.8, 4) is 11.1 Å². The number of alkyl carbamates (subject to hydrolysis) is 1. The third-order valence-electron chi connectivity index (χ3n) is 4.40. The van der Waals surface area contributed by atoms with Crippen molar-refractivity contribution in [3.63, 3.8) is 0 Å². The Labute approximate surface area is 168 Å². The molecule has 1 N–H and O–H groups in total. The molecular weight excluding hydrogens is 385 g/mol. The normalized spacial score (nSPS) is 17.5. The smallest absolute Gasteiger partial charge is 0.407 e. The van der Waals surface area contributed by atoms with Crippen molar-refractivity contribution >= 4 is 23.4 Å². The van der Waals surface area contributed by atoms with Crippen molar-refractivity contribution in [2.75, 3.05) is 18.0 Å². The molecule has 0 aromatic carbocycles. The highest BCUT2D eigenvalue weighted by molar-refractivity contribution is 6.29. The van der Waals surface area contributed by atoms with E-state index in [2.05, 4.69) is 20.3 Å². The van der Waals surface area contributed by atoms with Gasteiger partial charge in [-0.2, -0.15) is 5.10 Å². The van der Waals surface area contributed by atoms with E-state index in [9.17, 15) is 9.18 Å². The number of hydrogen-bond acceptors (Lipinski definition) is 5. The van der Waals surface area contributed by atoms with Crippen LogP contribution in [-0.2, 0) is 11.5 Å². The molecule has 0 unspecified atom stereocenters. The summed E-state index contributed by atoms with van der Waals surface area (Å²) in [5, 5.41) is 7.32. The monoisotopic (exact) mass is 409 g/mol. The second kappa shape index (κ2) is 8.34. The first-order valence-electron chi connectivity index (χ1n) is 9.24. The zero-order valence-corrected chi connectivity index (χ0v) is 17.0. The van der Waals surface area contributed by atoms with Crippen molar-refractivity contribution in [1.82, 2.24) is 20.1 Å². The van der Waals surface area contributed by atoms with Crippen molar-refractivity contribution in [2.24, 2.45) is 0 Å². The fourth-order valence-electron chi connectivity index (χ4n) is 3.26. The molecular formula is C19H25ClFN5O2. The van der Waals surface area contributed by atoms with Gasteiger partial charge >= 0.3 is 6.09 Å². The molecule has 1 aliphatic heterocycles. The minimum absolute atomic E-state index is 0.0445. The van der Waals surface area contributed by atoms with E-state index in [4.69, 9.17) is 16.3 Å². The lowest BCUT2D eigenvalue weighted by Gasteiger charge is -2.36. The number of pyridine rings is 1. The van der Waals surface area contributed by atoms with Crippen LogP contribution in [0.25, 0.3) is 11.1 Å². The number of ether oxygens (including phenoxy) is 1. The quantitative estimate of drug-likeness (QED) is 0.772. The van der Waals surface area contributed by atoms with Crippen LogP contribution in [0.3, 0.4) is 0 Å². The van der Waals surface area contributed by atoms with E-state index < -0.39 is 18.5 Å². The predicted octanol–water partition coefficient (Wildman–Crippen LogP) is 4.02. The molecule has 0 spiro atoms. The molecule has 7 nitrogen and oxygen atoms in total. The van der Waals surface area contributed by atoms with Crippen molar-refractivity contribution in [2.45, 2.75) is 52.1 Å². The number of anilines is 1. The number of nitrogens with one attached hydrogen (secondary N) is 1. The molecule has 3 heterocycles. The number of hydrogen-bond donors (Lipinski definition) is 1. The highest BCUT2D eigenvalue weighted by Crippen LogP contribution is 2.33. The number of amides is 1. The number of alkyl halides is 1. The summed E-state index contributed by atoms with van der Waals surface area (Å²) in [7, 11) is 0. The van der Waals surface area contributed by atoms with Gasteiger partial charge in [0.2, 0.25) is 0 Å². The van der Waals surface area contributed by atoms with E-state index in [1.165, 1.54) is 4.68 Å². The number of halogens is 2. The van der Waals surface area contributed by atoms with E-state index >= 15 is 0 Å². The number of rotatable bonds is 4. The van der Waals surface area contributed by atoms with Crippen LogP contribution in [0.1, 0.15) is 33.6 Å². The average molecular weight is 410 g/mol. The summed E-state index contributed by atoms with van der Waals surface area (Å²) in [5.41, 5.74) is 1.93. The fourth-order valence-corrected chi connectivity index (χ4v) is 3.41. The van der Waals surface area contributed by atoms with E-state index in [1.54, 1.807) is 24.7 Å². The second-order valence-electron chi connectivity index (χ2n) is 7.84. The molecule has 1 atom stereocenters. The summed E-state index contributed by atoms with van der Waals surface area (Å²) in [6.07, 6.45) is 6.26. The fraction of sp³-hybridized carbons (Fsp3) is 0.526. The lowest BCUT2D eigenvalue weighted by Crippen LogP contribution is -2.49. The van der Waals surface area contributed by atoms with Gasteiger partial charge in [-0.05, 0) is 39.7 Å². The maximum absolute atomic E-state index is 12.9. The van der Waals surface area contributed by atoms with Crippen LogP contribution in [0.4, 0.5) is 14.9 Å². The Balaban J connectivity index is 1.79. The van der Waals surface area contributed by atoms with Gasteiger partial charge in [-0.15, -0.1) is 0 Å². The first kappa shape index (κ1) is 20.4. The molecule has 0 aliphatic carbocycles. The Morgan fingerprint density at radius 3 is 2.89 bits per heavy atom. The molecule has 1 fully saturated rings. The van der Waals surface area contributed by atoms with Crippen LogP contribution in [0.15, 0.2) is 24.7 Å². The molecule has 9 heteroatoms. The molecule has 1 amide bonds. The average Bonchev–Trinajstić information content (AvgIpc) is 3.09. The summed E-state index contributed by atoms with van der Waals surface area (Å²) < 4.78 is 19.4. The number of carbonyl (C=O) groups excluding carboxylic acids is 1. The third-order valence-corrected chi connectivity index (χ3v) is 4.61. The molecule has 2 aromatic rings. The van der Waals surface area contributed by atoms with E-state index in [0.29, 0.717) is 11.7 Å². The molecule has 0 radical (unpaired) electrons. The Hall–Kier alpha value is -2.35. The van der Waals surface area contributed by atoms with Crippen LogP contribution in [0, 0.1) is 0 Å². The minimum atomic E-state index is -0.693. The number of aromatic nitrogens is 3. The molecule has 1 aliphatic rings. The van der Waals surface area contributed by atoms with Gasteiger partial charge in [0.1, 0.15) is 10.8 Å². The molecule has 0 bridgehead atoms. The van der Waals surface area contributed by atoms with Gasteiger partial charge in [0.05, 0.1) is 6.20 Å². The highest BCUT2D eigenvalue weighted by Gasteiger charge is 2.26. The van der Waals surface area contributed by atoms with Gasteiger partial charge in [-0.25, -0.2) is 18.9 Å². The topological polar surface area (TPSA) is 72.3 Å². The van der Waals surface area contributed by atoms with Gasteiger partial charge in [-0.3, -0.25) is 0 Å². The maximum Gasteiger partial charge on any atom is 0.407 e. The van der Waals surface area contributed by atoms with Crippen LogP contribution in [-0.4, -0.2) is 45.6 Å². The van der Waals surface area contributed by atoms with Gasteiger partial charge in [0, 0.05) is 48.3 Å². The number of piperidine rings is 1. The van der Waals surface area contributed by atoms with Crippen molar-refractivity contribution in [3.05, 3.63) is 29.8 Å². The first-order valence-corrected chi connectivity index (χ1v) is 9.62. The van der Waals surface area contributed by atoms with Gasteiger partial charge in [-0.1, -0.05) is 11.6 Å². The van der Waals surface area contributed by atoms with Gasteiger partial charge in [0.15, 0.2) is 6.80 Å². The van der Waals surface area contributed by atoms with Crippen molar-refractivity contribution < 1.29 is 13.9 Å². The summed E-state index contributed by atoms with van der Waals surface area (Å²) in [5.74, 6) is 0. The Morgan fingerprint density at radius 2 is 2.21 bits per heavy atom. The van der Waals surface area contributed by atoms with Crippen LogP contribution >= 0.6 is 11.6 Å². The first-order chi connectivity index (χ1) is 13.2. The molecule has 1 saturated heterocycles. The SMILES string of the molecule is CC(C)(C)OC(=O)N[C@H]1CCCN(c2cc(Cl)ncc2-c2cnn(CF)c2)C1. The number of carbonyl (C=O) groups is 1. The lowest BCUT2D eigenvalue weighted by atomic mass is 10.0. The third kappa shape index (κ3) is 5.13. The number of nitrogens with zero attached hydrogens (tertiary/aromatic N) is 4.